The highest BCUT2D eigenvalue weighted by Crippen LogP contribution is 2.36. The van der Waals surface area contributed by atoms with Crippen LogP contribution in [0.5, 0.6) is 5.75 Å². The second-order valence-electron chi connectivity index (χ2n) is 3.86. The summed E-state index contributed by atoms with van der Waals surface area (Å²) in [6.45, 7) is 4.62. The van der Waals surface area contributed by atoms with Crippen LogP contribution in [0.3, 0.4) is 0 Å². The highest BCUT2D eigenvalue weighted by Gasteiger charge is 2.33. The maximum Gasteiger partial charge on any atom is 0.280 e. The van der Waals surface area contributed by atoms with E-state index in [1.807, 2.05) is 0 Å². The Hall–Kier alpha value is -1.91. The molecule has 0 aromatic heterocycles. The Balaban J connectivity index is 2.26. The van der Waals surface area contributed by atoms with Gasteiger partial charge in [0, 0.05) is 11.6 Å². The lowest BCUT2D eigenvalue weighted by molar-refractivity contribution is -0.120. The van der Waals surface area contributed by atoms with Gasteiger partial charge in [0.25, 0.3) is 5.91 Å². The van der Waals surface area contributed by atoms with Crippen LogP contribution in [-0.2, 0) is 4.79 Å². The first-order valence-electron chi connectivity index (χ1n) is 5.10. The fraction of sp³-hybridized carbons (Fsp3) is 0.250. The van der Waals surface area contributed by atoms with E-state index in [0.29, 0.717) is 11.3 Å². The summed E-state index contributed by atoms with van der Waals surface area (Å²) in [6, 6.07) is 3.53. The van der Waals surface area contributed by atoms with Gasteiger partial charge in [0.05, 0.1) is 6.04 Å². The third kappa shape index (κ3) is 2.13. The maximum atomic E-state index is 13.0. The summed E-state index contributed by atoms with van der Waals surface area (Å²) in [6.07, 6.45) is -0.380. The van der Waals surface area contributed by atoms with Crippen LogP contribution in [0.4, 0.5) is 8.78 Å². The molecule has 3 nitrogen and oxygen atoms in total. The molecule has 2 rings (SSSR count). The van der Waals surface area contributed by atoms with Gasteiger partial charge in [-0.05, 0) is 13.0 Å². The average molecular weight is 239 g/mol. The summed E-state index contributed by atoms with van der Waals surface area (Å²) < 4.78 is 30.9. The molecular weight excluding hydrogens is 228 g/mol. The van der Waals surface area contributed by atoms with Crippen LogP contribution in [0.1, 0.15) is 18.5 Å². The molecule has 2 unspecified atom stereocenters. The van der Waals surface area contributed by atoms with Crippen molar-refractivity contribution in [2.75, 3.05) is 0 Å². The van der Waals surface area contributed by atoms with E-state index in [0.717, 1.165) is 0 Å². The molecule has 0 bridgehead atoms. The summed E-state index contributed by atoms with van der Waals surface area (Å²) >= 11 is 0. The van der Waals surface area contributed by atoms with Gasteiger partial charge in [0.15, 0.2) is 5.83 Å². The van der Waals surface area contributed by atoms with Crippen LogP contribution < -0.4 is 10.1 Å². The number of nitrogens with one attached hydrogen (secondary N) is 1. The summed E-state index contributed by atoms with van der Waals surface area (Å²) in [5.41, 5.74) is 0.633. The number of halogens is 2. The van der Waals surface area contributed by atoms with E-state index in [1.54, 1.807) is 6.92 Å². The Kier molecular flexibility index (Phi) is 2.83. The van der Waals surface area contributed by atoms with Crippen molar-refractivity contribution in [2.45, 2.75) is 19.1 Å². The van der Waals surface area contributed by atoms with Crippen LogP contribution in [-0.4, -0.2) is 12.0 Å². The van der Waals surface area contributed by atoms with Crippen molar-refractivity contribution in [2.24, 2.45) is 0 Å². The van der Waals surface area contributed by atoms with E-state index < -0.39 is 23.6 Å². The van der Waals surface area contributed by atoms with Crippen molar-refractivity contribution in [1.29, 1.82) is 0 Å². The summed E-state index contributed by atoms with van der Waals surface area (Å²) in [5.74, 6) is -2.00. The predicted octanol–water partition coefficient (Wildman–Crippen LogP) is 2.25. The first-order valence-corrected chi connectivity index (χ1v) is 5.10. The van der Waals surface area contributed by atoms with Crippen LogP contribution >= 0.6 is 0 Å². The van der Waals surface area contributed by atoms with Gasteiger partial charge in [-0.2, -0.15) is 0 Å². The number of amides is 1. The zero-order valence-corrected chi connectivity index (χ0v) is 9.17. The molecule has 0 fully saturated rings. The minimum atomic E-state index is -1.06. The molecule has 17 heavy (non-hydrogen) atoms. The number of hydrogen-bond donors (Lipinski definition) is 1. The summed E-state index contributed by atoms with van der Waals surface area (Å²) in [7, 11) is 0. The van der Waals surface area contributed by atoms with E-state index in [9.17, 15) is 13.6 Å². The largest absolute Gasteiger partial charge is 0.488 e. The normalized spacial score (nSPS) is 21.6. The Morgan fingerprint density at radius 3 is 2.88 bits per heavy atom. The quantitative estimate of drug-likeness (QED) is 0.804. The first kappa shape index (κ1) is 11.6. The molecule has 0 radical (unpaired) electrons. The smallest absolute Gasteiger partial charge is 0.280 e. The minimum absolute atomic E-state index is 0.368. The van der Waals surface area contributed by atoms with Crippen molar-refractivity contribution in [1.82, 2.24) is 5.32 Å². The fourth-order valence-electron chi connectivity index (χ4n) is 1.80. The van der Waals surface area contributed by atoms with Crippen LogP contribution in [0.2, 0.25) is 0 Å². The zero-order valence-electron chi connectivity index (χ0n) is 9.17. The molecule has 1 aliphatic heterocycles. The van der Waals surface area contributed by atoms with Gasteiger partial charge < -0.3 is 10.1 Å². The molecule has 1 aromatic rings. The number of ether oxygens (including phenoxy) is 1. The second kappa shape index (κ2) is 4.16. The molecule has 1 amide bonds. The van der Waals surface area contributed by atoms with Crippen molar-refractivity contribution < 1.29 is 18.3 Å². The lowest BCUT2D eigenvalue weighted by Gasteiger charge is -2.15. The molecule has 2 atom stereocenters. The molecule has 1 aromatic carbocycles. The van der Waals surface area contributed by atoms with Crippen molar-refractivity contribution in [3.63, 3.8) is 0 Å². The maximum absolute atomic E-state index is 13.0. The number of carbonyl (C=O) groups excluding carboxylic acids is 1. The van der Waals surface area contributed by atoms with E-state index in [1.165, 1.54) is 18.2 Å². The van der Waals surface area contributed by atoms with E-state index >= 15 is 0 Å². The molecule has 0 aliphatic carbocycles. The van der Waals surface area contributed by atoms with Crippen LogP contribution in [0.15, 0.2) is 30.6 Å². The predicted molar refractivity (Wildman–Crippen MR) is 57.6 cm³/mol. The highest BCUT2D eigenvalue weighted by molar-refractivity contribution is 5.90. The Bertz CT molecular complexity index is 487. The third-order valence-corrected chi connectivity index (χ3v) is 2.63. The van der Waals surface area contributed by atoms with Crippen molar-refractivity contribution >= 4 is 5.91 Å². The second-order valence-corrected chi connectivity index (χ2v) is 3.86. The number of fused-ring (bicyclic) bond motifs is 1. The van der Waals surface area contributed by atoms with E-state index in [-0.39, 0.29) is 6.10 Å². The topological polar surface area (TPSA) is 38.3 Å². The Morgan fingerprint density at radius 1 is 1.53 bits per heavy atom. The van der Waals surface area contributed by atoms with Gasteiger partial charge in [-0.3, -0.25) is 4.79 Å². The van der Waals surface area contributed by atoms with Gasteiger partial charge in [-0.1, -0.05) is 12.6 Å². The molecule has 1 aliphatic rings. The number of rotatable bonds is 2. The van der Waals surface area contributed by atoms with Gasteiger partial charge in [-0.15, -0.1) is 0 Å². The Morgan fingerprint density at radius 2 is 2.24 bits per heavy atom. The molecule has 0 spiro atoms. The molecule has 0 saturated carbocycles. The summed E-state index contributed by atoms with van der Waals surface area (Å²) in [5, 5.41) is 2.44. The van der Waals surface area contributed by atoms with Gasteiger partial charge in [0.1, 0.15) is 17.7 Å². The first-order chi connectivity index (χ1) is 7.99. The van der Waals surface area contributed by atoms with Crippen molar-refractivity contribution in [3.05, 3.63) is 42.0 Å². The van der Waals surface area contributed by atoms with Crippen LogP contribution in [0, 0.1) is 5.82 Å². The van der Waals surface area contributed by atoms with Gasteiger partial charge in [-0.25, -0.2) is 8.78 Å². The molecular formula is C12H11F2NO2. The molecule has 90 valence electrons. The summed E-state index contributed by atoms with van der Waals surface area (Å²) in [4.78, 5) is 11.2. The zero-order chi connectivity index (χ0) is 12.6. The lowest BCUT2D eigenvalue weighted by Crippen LogP contribution is -2.33. The van der Waals surface area contributed by atoms with Crippen molar-refractivity contribution in [3.8, 4) is 5.75 Å². The van der Waals surface area contributed by atoms with Gasteiger partial charge in [0.2, 0.25) is 0 Å². The average Bonchev–Trinajstić information content (AvgIpc) is 2.54. The van der Waals surface area contributed by atoms with Crippen LogP contribution in [0.25, 0.3) is 0 Å². The number of hydrogen-bond acceptors (Lipinski definition) is 2. The highest BCUT2D eigenvalue weighted by atomic mass is 19.1. The SMILES string of the molecule is C=C(F)C(=O)NC1c2ccc(F)cc2OC1C. The minimum Gasteiger partial charge on any atom is -0.488 e. The lowest BCUT2D eigenvalue weighted by atomic mass is 10.0. The molecule has 0 saturated heterocycles. The standard InChI is InChI=1S/C12H11F2NO2/c1-6(13)12(16)15-11-7(2)17-10-5-8(14)3-4-9(10)11/h3-5,7,11H,1H2,2H3,(H,15,16). The fourth-order valence-corrected chi connectivity index (χ4v) is 1.80. The van der Waals surface area contributed by atoms with E-state index in [4.69, 9.17) is 4.74 Å². The number of carbonyl (C=O) groups is 1. The molecule has 5 heteroatoms. The third-order valence-electron chi connectivity index (χ3n) is 2.63. The van der Waals surface area contributed by atoms with E-state index in [2.05, 4.69) is 11.9 Å². The number of benzene rings is 1. The monoisotopic (exact) mass is 239 g/mol. The van der Waals surface area contributed by atoms with Gasteiger partial charge >= 0.3 is 0 Å². The molecule has 1 N–H and O–H groups in total. The molecule has 1 heterocycles. The Labute approximate surface area is 97.1 Å².